The van der Waals surface area contributed by atoms with Crippen LogP contribution in [-0.2, 0) is 19.1 Å². The van der Waals surface area contributed by atoms with Crippen molar-refractivity contribution >= 4 is 17.5 Å². The van der Waals surface area contributed by atoms with Gasteiger partial charge < -0.3 is 4.74 Å². The third-order valence-electron chi connectivity index (χ3n) is 4.12. The highest BCUT2D eigenvalue weighted by Gasteiger charge is 2.29. The fourth-order valence-corrected chi connectivity index (χ4v) is 2.63. The van der Waals surface area contributed by atoms with Gasteiger partial charge in [0.1, 0.15) is 0 Å². The minimum Gasteiger partial charge on any atom is -0.466 e. The van der Waals surface area contributed by atoms with E-state index in [0.717, 1.165) is 19.3 Å². The van der Waals surface area contributed by atoms with E-state index in [2.05, 4.69) is 6.92 Å². The molecular formula is C19H28O4. The van der Waals surface area contributed by atoms with E-state index in [4.69, 9.17) is 4.74 Å². The molecule has 0 aromatic heterocycles. The zero-order valence-corrected chi connectivity index (χ0v) is 14.5. The zero-order valence-electron chi connectivity index (χ0n) is 14.5. The van der Waals surface area contributed by atoms with E-state index in [1.54, 1.807) is 0 Å². The lowest BCUT2D eigenvalue weighted by atomic mass is 9.76. The van der Waals surface area contributed by atoms with Crippen LogP contribution in [0, 0.1) is 5.41 Å². The van der Waals surface area contributed by atoms with Gasteiger partial charge in [0.05, 0.1) is 6.61 Å². The molecule has 0 heterocycles. The van der Waals surface area contributed by atoms with Crippen LogP contribution >= 0.6 is 0 Å². The summed E-state index contributed by atoms with van der Waals surface area (Å²) in [5, 5.41) is 0. The van der Waals surface area contributed by atoms with Gasteiger partial charge in [-0.15, -0.1) is 0 Å². The van der Waals surface area contributed by atoms with Gasteiger partial charge in [0.15, 0.2) is 11.6 Å². The maximum atomic E-state index is 11.9. The van der Waals surface area contributed by atoms with Crippen LogP contribution in [0.25, 0.3) is 0 Å². The number of hydrogen-bond donors (Lipinski definition) is 0. The van der Waals surface area contributed by atoms with Gasteiger partial charge in [-0.05, 0) is 42.9 Å². The van der Waals surface area contributed by atoms with Gasteiger partial charge in [0.2, 0.25) is 0 Å². The van der Waals surface area contributed by atoms with Crippen molar-refractivity contribution in [3.8, 4) is 0 Å². The van der Waals surface area contributed by atoms with Gasteiger partial charge in [0.25, 0.3) is 0 Å². The van der Waals surface area contributed by atoms with Gasteiger partial charge in [-0.25, -0.2) is 0 Å². The summed E-state index contributed by atoms with van der Waals surface area (Å²) in [6.07, 6.45) is 10.0. The molecule has 0 aromatic rings. The number of rotatable bonds is 10. The summed E-state index contributed by atoms with van der Waals surface area (Å²) in [7, 11) is 0. The fraction of sp³-hybridized carbons (Fsp3) is 0.632. The first-order valence-electron chi connectivity index (χ1n) is 8.51. The Labute approximate surface area is 139 Å². The van der Waals surface area contributed by atoms with Crippen molar-refractivity contribution in [2.24, 2.45) is 5.41 Å². The normalized spacial score (nSPS) is 14.8. The van der Waals surface area contributed by atoms with E-state index in [0.29, 0.717) is 31.4 Å². The van der Waals surface area contributed by atoms with E-state index in [1.165, 1.54) is 24.6 Å². The zero-order chi connectivity index (χ0) is 17.3. The van der Waals surface area contributed by atoms with E-state index >= 15 is 0 Å². The largest absolute Gasteiger partial charge is 0.466 e. The topological polar surface area (TPSA) is 60.4 Å². The number of unbranched alkanes of at least 4 members (excludes halogenated alkanes) is 3. The van der Waals surface area contributed by atoms with Crippen molar-refractivity contribution in [3.63, 3.8) is 0 Å². The van der Waals surface area contributed by atoms with Gasteiger partial charge in [-0.1, -0.05) is 40.0 Å². The fourth-order valence-electron chi connectivity index (χ4n) is 2.63. The highest BCUT2D eigenvalue weighted by atomic mass is 16.5. The summed E-state index contributed by atoms with van der Waals surface area (Å²) in [5.74, 6) is -0.454. The molecule has 0 saturated heterocycles. The number of ketones is 2. The molecule has 1 rings (SSSR count). The van der Waals surface area contributed by atoms with E-state index in [9.17, 15) is 14.4 Å². The van der Waals surface area contributed by atoms with Crippen LogP contribution in [0.5, 0.6) is 0 Å². The summed E-state index contributed by atoms with van der Waals surface area (Å²) in [6.45, 7) is 6.49. The minimum absolute atomic E-state index is 0.117. The molecule has 1 aliphatic carbocycles. The first-order chi connectivity index (χ1) is 10.9. The highest BCUT2D eigenvalue weighted by Crippen LogP contribution is 2.34. The van der Waals surface area contributed by atoms with Crippen molar-refractivity contribution in [2.45, 2.75) is 65.7 Å². The molecule has 128 valence electrons. The third-order valence-corrected chi connectivity index (χ3v) is 4.12. The molecule has 0 aliphatic heterocycles. The van der Waals surface area contributed by atoms with Crippen LogP contribution in [0.15, 0.2) is 23.8 Å². The number of allylic oxidation sites excluding steroid dienone is 4. The lowest BCUT2D eigenvalue weighted by Gasteiger charge is -2.27. The lowest BCUT2D eigenvalue weighted by Crippen LogP contribution is -2.24. The number of ether oxygens (including phenoxy) is 1. The second-order valence-corrected chi connectivity index (χ2v) is 6.68. The Morgan fingerprint density at radius 3 is 2.52 bits per heavy atom. The van der Waals surface area contributed by atoms with Gasteiger partial charge in [0, 0.05) is 12.0 Å². The molecule has 0 bridgehead atoms. The average Bonchev–Trinajstić information content (AvgIpc) is 2.49. The van der Waals surface area contributed by atoms with Gasteiger partial charge in [-0.2, -0.15) is 0 Å². The molecule has 0 fully saturated rings. The quantitative estimate of drug-likeness (QED) is 0.347. The predicted octanol–water partition coefficient (Wildman–Crippen LogP) is 3.94. The molecule has 0 saturated carbocycles. The third kappa shape index (κ3) is 6.93. The van der Waals surface area contributed by atoms with E-state index < -0.39 is 5.41 Å². The Bertz CT molecular complexity index is 497. The standard InChI is InChI=1S/C19H28O4/c1-4-5-6-7-13-23-18(22)9-8-12-19(2,3)16-14-15(20)10-11-17(16)21/h10-11,14H,4-9,12-13H2,1-3H3. The van der Waals surface area contributed by atoms with Crippen LogP contribution in [-0.4, -0.2) is 24.1 Å². The monoisotopic (exact) mass is 320 g/mol. The van der Waals surface area contributed by atoms with Crippen molar-refractivity contribution in [1.82, 2.24) is 0 Å². The van der Waals surface area contributed by atoms with Crippen LogP contribution in [0.1, 0.15) is 65.7 Å². The summed E-state index contributed by atoms with van der Waals surface area (Å²) in [6, 6.07) is 0. The SMILES string of the molecule is CCCCCCOC(=O)CCCC(C)(C)C1=CC(=O)C=CC1=O. The van der Waals surface area contributed by atoms with Crippen molar-refractivity contribution in [2.75, 3.05) is 6.61 Å². The van der Waals surface area contributed by atoms with E-state index in [1.807, 2.05) is 13.8 Å². The first kappa shape index (κ1) is 19.3. The number of esters is 1. The van der Waals surface area contributed by atoms with Crippen molar-refractivity contribution in [1.29, 1.82) is 0 Å². The number of carbonyl (C=O) groups is 3. The molecule has 4 nitrogen and oxygen atoms in total. The maximum Gasteiger partial charge on any atom is 0.305 e. The van der Waals surface area contributed by atoms with Gasteiger partial charge in [-0.3, -0.25) is 14.4 Å². The molecular weight excluding hydrogens is 292 g/mol. The summed E-state index contributed by atoms with van der Waals surface area (Å²) in [5.41, 5.74) is 0.108. The Kier molecular flexibility index (Phi) is 7.93. The predicted molar refractivity (Wildman–Crippen MR) is 90.0 cm³/mol. The molecule has 0 atom stereocenters. The van der Waals surface area contributed by atoms with Crippen LogP contribution in [0.3, 0.4) is 0 Å². The maximum absolute atomic E-state index is 11.9. The van der Waals surface area contributed by atoms with Crippen molar-refractivity contribution in [3.05, 3.63) is 23.8 Å². The molecule has 0 radical (unpaired) electrons. The first-order valence-corrected chi connectivity index (χ1v) is 8.51. The molecule has 0 amide bonds. The molecule has 23 heavy (non-hydrogen) atoms. The summed E-state index contributed by atoms with van der Waals surface area (Å²) < 4.78 is 5.20. The Hall–Kier alpha value is -1.71. The van der Waals surface area contributed by atoms with Gasteiger partial charge >= 0.3 is 5.97 Å². The summed E-state index contributed by atoms with van der Waals surface area (Å²) >= 11 is 0. The summed E-state index contributed by atoms with van der Waals surface area (Å²) in [4.78, 5) is 35.0. The molecule has 0 aromatic carbocycles. The number of carbonyl (C=O) groups excluding carboxylic acids is 3. The Morgan fingerprint density at radius 1 is 1.09 bits per heavy atom. The molecule has 1 aliphatic rings. The average molecular weight is 320 g/mol. The Balaban J connectivity index is 2.32. The number of hydrogen-bond acceptors (Lipinski definition) is 4. The molecule has 0 spiro atoms. The molecule has 0 unspecified atom stereocenters. The smallest absolute Gasteiger partial charge is 0.305 e. The van der Waals surface area contributed by atoms with Crippen LogP contribution in [0.2, 0.25) is 0 Å². The lowest BCUT2D eigenvalue weighted by molar-refractivity contribution is -0.144. The van der Waals surface area contributed by atoms with Crippen LogP contribution in [0.4, 0.5) is 0 Å². The molecule has 4 heteroatoms. The van der Waals surface area contributed by atoms with Crippen LogP contribution < -0.4 is 0 Å². The second kappa shape index (κ2) is 9.43. The van der Waals surface area contributed by atoms with Crippen molar-refractivity contribution < 1.29 is 19.1 Å². The highest BCUT2D eigenvalue weighted by molar-refractivity contribution is 6.17. The second-order valence-electron chi connectivity index (χ2n) is 6.68. The Morgan fingerprint density at radius 2 is 1.83 bits per heavy atom. The molecule has 0 N–H and O–H groups in total. The minimum atomic E-state index is -0.418. The van der Waals surface area contributed by atoms with E-state index in [-0.39, 0.29) is 17.5 Å².